The van der Waals surface area contributed by atoms with E-state index in [-0.39, 0.29) is 36.4 Å². The number of ether oxygens (including phenoxy) is 1. The number of carbonyl (C=O) groups is 2. The van der Waals surface area contributed by atoms with Crippen LogP contribution in [0.4, 0.5) is 4.39 Å². The van der Waals surface area contributed by atoms with Crippen molar-refractivity contribution >= 4 is 11.8 Å². The van der Waals surface area contributed by atoms with E-state index in [9.17, 15) is 14.0 Å². The van der Waals surface area contributed by atoms with Crippen LogP contribution in [0, 0.1) is 5.82 Å². The largest absolute Gasteiger partial charge is 0.484 e. The van der Waals surface area contributed by atoms with Crippen LogP contribution in [0.15, 0.2) is 48.5 Å². The third-order valence-corrected chi connectivity index (χ3v) is 6.25. The molecule has 3 rings (SSSR count). The Balaban J connectivity index is 1.70. The molecule has 0 saturated heterocycles. The summed E-state index contributed by atoms with van der Waals surface area (Å²) in [7, 11) is 0. The molecule has 1 N–H and O–H groups in total. The molecule has 1 saturated carbocycles. The summed E-state index contributed by atoms with van der Waals surface area (Å²) >= 11 is 0. The van der Waals surface area contributed by atoms with E-state index in [2.05, 4.69) is 26.1 Å². The average Bonchev–Trinajstić information content (AvgIpc) is 3.29. The SMILES string of the molecule is CC(C(=O)NC1CCCC1)N(Cc1ccccc1F)C(=O)COc1ccc(C(C)(C)C)cc1. The van der Waals surface area contributed by atoms with E-state index >= 15 is 0 Å². The molecular weight excluding hydrogens is 419 g/mol. The van der Waals surface area contributed by atoms with E-state index in [0.717, 1.165) is 25.7 Å². The molecular formula is C27H35FN2O3. The molecule has 178 valence electrons. The molecule has 1 aliphatic rings. The summed E-state index contributed by atoms with van der Waals surface area (Å²) in [5.41, 5.74) is 1.55. The van der Waals surface area contributed by atoms with Crippen molar-refractivity contribution in [1.29, 1.82) is 0 Å². The van der Waals surface area contributed by atoms with Crippen LogP contribution in [0.25, 0.3) is 0 Å². The number of halogens is 1. The Hall–Kier alpha value is -2.89. The van der Waals surface area contributed by atoms with Gasteiger partial charge in [-0.1, -0.05) is 63.9 Å². The zero-order valence-electron chi connectivity index (χ0n) is 20.1. The van der Waals surface area contributed by atoms with Crippen LogP contribution in [0.2, 0.25) is 0 Å². The van der Waals surface area contributed by atoms with Gasteiger partial charge in [-0.3, -0.25) is 9.59 Å². The highest BCUT2D eigenvalue weighted by atomic mass is 19.1. The zero-order chi connectivity index (χ0) is 24.0. The van der Waals surface area contributed by atoms with Gasteiger partial charge >= 0.3 is 0 Å². The van der Waals surface area contributed by atoms with Crippen molar-refractivity contribution in [3.8, 4) is 5.75 Å². The third-order valence-electron chi connectivity index (χ3n) is 6.25. The summed E-state index contributed by atoms with van der Waals surface area (Å²) in [6.45, 7) is 7.84. The van der Waals surface area contributed by atoms with Gasteiger partial charge in [-0.05, 0) is 48.9 Å². The summed E-state index contributed by atoms with van der Waals surface area (Å²) in [6, 6.07) is 13.3. The molecule has 33 heavy (non-hydrogen) atoms. The van der Waals surface area contributed by atoms with Crippen molar-refractivity contribution in [1.82, 2.24) is 10.2 Å². The molecule has 2 aromatic carbocycles. The first-order valence-electron chi connectivity index (χ1n) is 11.7. The van der Waals surface area contributed by atoms with Gasteiger partial charge < -0.3 is 15.0 Å². The number of nitrogens with zero attached hydrogens (tertiary/aromatic N) is 1. The number of hydrogen-bond donors (Lipinski definition) is 1. The first kappa shape index (κ1) is 24.7. The van der Waals surface area contributed by atoms with Gasteiger partial charge in [-0.25, -0.2) is 4.39 Å². The monoisotopic (exact) mass is 454 g/mol. The molecule has 1 fully saturated rings. The topological polar surface area (TPSA) is 58.6 Å². The Labute approximate surface area is 196 Å². The lowest BCUT2D eigenvalue weighted by Gasteiger charge is -2.29. The predicted octanol–water partition coefficient (Wildman–Crippen LogP) is 4.98. The van der Waals surface area contributed by atoms with E-state index in [1.807, 2.05) is 24.3 Å². The van der Waals surface area contributed by atoms with Crippen molar-refractivity contribution in [3.63, 3.8) is 0 Å². The highest BCUT2D eigenvalue weighted by molar-refractivity contribution is 5.88. The van der Waals surface area contributed by atoms with Crippen LogP contribution in [0.3, 0.4) is 0 Å². The molecule has 2 aromatic rings. The van der Waals surface area contributed by atoms with E-state index < -0.39 is 11.9 Å². The normalized spacial score (nSPS) is 15.2. The Bertz CT molecular complexity index is 947. The van der Waals surface area contributed by atoms with Gasteiger partial charge in [-0.15, -0.1) is 0 Å². The van der Waals surface area contributed by atoms with E-state index in [4.69, 9.17) is 4.74 Å². The Morgan fingerprint density at radius 1 is 1.09 bits per heavy atom. The molecule has 0 radical (unpaired) electrons. The lowest BCUT2D eigenvalue weighted by molar-refractivity contribution is -0.142. The van der Waals surface area contributed by atoms with Crippen molar-refractivity contribution in [2.24, 2.45) is 0 Å². The summed E-state index contributed by atoms with van der Waals surface area (Å²) in [6.07, 6.45) is 4.10. The Morgan fingerprint density at radius 3 is 2.33 bits per heavy atom. The van der Waals surface area contributed by atoms with Gasteiger partial charge in [0.2, 0.25) is 5.91 Å². The van der Waals surface area contributed by atoms with Crippen molar-refractivity contribution in [3.05, 3.63) is 65.5 Å². The number of rotatable bonds is 8. The summed E-state index contributed by atoms with van der Waals surface area (Å²) in [4.78, 5) is 27.4. The maximum atomic E-state index is 14.3. The lowest BCUT2D eigenvalue weighted by Crippen LogP contribution is -2.50. The summed E-state index contributed by atoms with van der Waals surface area (Å²) < 4.78 is 20.1. The van der Waals surface area contributed by atoms with Crippen LogP contribution >= 0.6 is 0 Å². The maximum absolute atomic E-state index is 14.3. The molecule has 5 nitrogen and oxygen atoms in total. The fourth-order valence-corrected chi connectivity index (χ4v) is 4.06. The van der Waals surface area contributed by atoms with E-state index in [1.54, 1.807) is 25.1 Å². The smallest absolute Gasteiger partial charge is 0.261 e. The third kappa shape index (κ3) is 6.80. The maximum Gasteiger partial charge on any atom is 0.261 e. The molecule has 0 spiro atoms. The van der Waals surface area contributed by atoms with E-state index in [0.29, 0.717) is 11.3 Å². The predicted molar refractivity (Wildman–Crippen MR) is 127 cm³/mol. The Kier molecular flexibility index (Phi) is 8.11. The van der Waals surface area contributed by atoms with Crippen molar-refractivity contribution in [2.75, 3.05) is 6.61 Å². The molecule has 2 amide bonds. The molecule has 0 aromatic heterocycles. The number of nitrogens with one attached hydrogen (secondary N) is 1. The van der Waals surface area contributed by atoms with E-state index in [1.165, 1.54) is 16.5 Å². The number of benzene rings is 2. The molecule has 1 aliphatic carbocycles. The van der Waals surface area contributed by atoms with Crippen LogP contribution in [-0.4, -0.2) is 35.4 Å². The minimum absolute atomic E-state index is 0.00289. The van der Waals surface area contributed by atoms with Crippen LogP contribution < -0.4 is 10.1 Å². The number of hydrogen-bond acceptors (Lipinski definition) is 3. The van der Waals surface area contributed by atoms with Gasteiger partial charge in [0, 0.05) is 18.2 Å². The molecule has 0 bridgehead atoms. The average molecular weight is 455 g/mol. The molecule has 6 heteroatoms. The van der Waals surface area contributed by atoms with Gasteiger partial charge in [0.25, 0.3) is 5.91 Å². The fourth-order valence-electron chi connectivity index (χ4n) is 4.06. The molecule has 1 atom stereocenters. The summed E-state index contributed by atoms with van der Waals surface area (Å²) in [5, 5.41) is 3.04. The van der Waals surface area contributed by atoms with Crippen molar-refractivity contribution in [2.45, 2.75) is 77.4 Å². The number of amides is 2. The second-order valence-electron chi connectivity index (χ2n) is 9.84. The van der Waals surface area contributed by atoms with Crippen LogP contribution in [-0.2, 0) is 21.5 Å². The first-order chi connectivity index (χ1) is 15.6. The molecule has 0 aliphatic heterocycles. The quantitative estimate of drug-likeness (QED) is 0.612. The van der Waals surface area contributed by atoms with Gasteiger partial charge in [0.15, 0.2) is 6.61 Å². The Morgan fingerprint density at radius 2 is 1.73 bits per heavy atom. The standard InChI is InChI=1S/C27H35FN2O3/c1-19(26(32)29-22-10-6-7-11-22)30(17-20-9-5-8-12-24(20)28)25(31)18-33-23-15-13-21(14-16-23)27(2,3)4/h5,8-9,12-16,19,22H,6-7,10-11,17-18H2,1-4H3,(H,29,32). The minimum Gasteiger partial charge on any atom is -0.484 e. The lowest BCUT2D eigenvalue weighted by atomic mass is 9.87. The second kappa shape index (κ2) is 10.8. The highest BCUT2D eigenvalue weighted by Crippen LogP contribution is 2.24. The van der Waals surface area contributed by atoms with Gasteiger partial charge in [0.05, 0.1) is 0 Å². The highest BCUT2D eigenvalue weighted by Gasteiger charge is 2.29. The van der Waals surface area contributed by atoms with Gasteiger partial charge in [-0.2, -0.15) is 0 Å². The fraction of sp³-hybridized carbons (Fsp3) is 0.481. The minimum atomic E-state index is -0.746. The zero-order valence-corrected chi connectivity index (χ0v) is 20.1. The van der Waals surface area contributed by atoms with Crippen molar-refractivity contribution < 1.29 is 18.7 Å². The molecule has 0 heterocycles. The van der Waals surface area contributed by atoms with Gasteiger partial charge in [0.1, 0.15) is 17.6 Å². The second-order valence-corrected chi connectivity index (χ2v) is 9.84. The molecule has 1 unspecified atom stereocenters. The number of carbonyl (C=O) groups excluding carboxylic acids is 2. The first-order valence-corrected chi connectivity index (χ1v) is 11.7. The van der Waals surface area contributed by atoms with Crippen LogP contribution in [0.5, 0.6) is 5.75 Å². The summed E-state index contributed by atoms with van der Waals surface area (Å²) in [5.74, 6) is -0.420. The van der Waals surface area contributed by atoms with Crippen LogP contribution in [0.1, 0.15) is 64.5 Å².